The molecule has 0 atom stereocenters. The Kier molecular flexibility index (Phi) is 4.46. The number of aromatic nitrogens is 2. The Hall–Kier alpha value is -1.69. The van der Waals surface area contributed by atoms with Gasteiger partial charge in [-0.15, -0.1) is 0 Å². The molecular weight excluding hydrogens is 234 g/mol. The van der Waals surface area contributed by atoms with Gasteiger partial charge in [0.05, 0.1) is 26.1 Å². The normalized spacial score (nSPS) is 14.3. The van der Waals surface area contributed by atoms with Gasteiger partial charge in [-0.3, -0.25) is 4.98 Å². The van der Waals surface area contributed by atoms with Crippen molar-refractivity contribution in [1.29, 1.82) is 0 Å². The minimum Gasteiger partial charge on any atom is -0.464 e. The van der Waals surface area contributed by atoms with Crippen LogP contribution >= 0.6 is 0 Å². The number of ether oxygens (including phenoxy) is 2. The van der Waals surface area contributed by atoms with Crippen molar-refractivity contribution < 1.29 is 14.3 Å². The highest BCUT2D eigenvalue weighted by Crippen LogP contribution is 2.28. The van der Waals surface area contributed by atoms with Crippen LogP contribution in [0.5, 0.6) is 0 Å². The van der Waals surface area contributed by atoms with Crippen LogP contribution in [0.4, 0.5) is 5.82 Å². The number of carbonyl (C=O) groups is 1. The van der Waals surface area contributed by atoms with Crippen molar-refractivity contribution in [2.24, 2.45) is 5.92 Å². The second kappa shape index (κ2) is 6.30. The summed E-state index contributed by atoms with van der Waals surface area (Å²) in [5.74, 6) is 0.830. The van der Waals surface area contributed by atoms with Crippen LogP contribution in [0.1, 0.15) is 23.3 Å². The molecule has 6 nitrogen and oxygen atoms in total. The first kappa shape index (κ1) is 12.8. The average Bonchev–Trinajstić information content (AvgIpc) is 3.22. The monoisotopic (exact) mass is 251 g/mol. The summed E-state index contributed by atoms with van der Waals surface area (Å²) >= 11 is 0. The van der Waals surface area contributed by atoms with Gasteiger partial charge in [0.15, 0.2) is 5.69 Å². The maximum Gasteiger partial charge on any atom is 0.358 e. The molecule has 0 radical (unpaired) electrons. The summed E-state index contributed by atoms with van der Waals surface area (Å²) in [7, 11) is 1.32. The van der Waals surface area contributed by atoms with Crippen molar-refractivity contribution in [1.82, 2.24) is 9.97 Å². The lowest BCUT2D eigenvalue weighted by Crippen LogP contribution is -2.13. The maximum atomic E-state index is 11.2. The number of hydrogen-bond acceptors (Lipinski definition) is 6. The molecule has 1 aliphatic carbocycles. The summed E-state index contributed by atoms with van der Waals surface area (Å²) in [5.41, 5.74) is 0.196. The van der Waals surface area contributed by atoms with E-state index in [-0.39, 0.29) is 5.69 Å². The quantitative estimate of drug-likeness (QED) is 0.578. The molecule has 0 unspecified atom stereocenters. The van der Waals surface area contributed by atoms with E-state index in [1.54, 1.807) is 6.20 Å². The Labute approximate surface area is 106 Å². The predicted octanol–water partition coefficient (Wildman–Crippen LogP) is 1.10. The van der Waals surface area contributed by atoms with Crippen LogP contribution in [0, 0.1) is 5.92 Å². The van der Waals surface area contributed by atoms with E-state index >= 15 is 0 Å². The molecule has 0 aromatic carbocycles. The Morgan fingerprint density at radius 2 is 2.33 bits per heavy atom. The average molecular weight is 251 g/mol. The third kappa shape index (κ3) is 3.96. The van der Waals surface area contributed by atoms with Gasteiger partial charge >= 0.3 is 5.97 Å². The molecule has 2 rings (SSSR count). The van der Waals surface area contributed by atoms with Crippen LogP contribution in [-0.4, -0.2) is 42.8 Å². The lowest BCUT2D eigenvalue weighted by molar-refractivity contribution is 0.0593. The summed E-state index contributed by atoms with van der Waals surface area (Å²) in [6, 6.07) is 0. The van der Waals surface area contributed by atoms with Gasteiger partial charge in [-0.25, -0.2) is 9.78 Å². The van der Waals surface area contributed by atoms with Crippen LogP contribution in [0.15, 0.2) is 12.4 Å². The van der Waals surface area contributed by atoms with E-state index in [0.717, 1.165) is 12.5 Å². The number of hydrogen-bond donors (Lipinski definition) is 1. The lowest BCUT2D eigenvalue weighted by atomic mass is 10.4. The topological polar surface area (TPSA) is 73.3 Å². The first-order valence-corrected chi connectivity index (χ1v) is 6.01. The standard InChI is InChI=1S/C12H17N3O3/c1-17-12(16)10-6-13-7-11(15-10)14-4-5-18-8-9-2-3-9/h6-7,9H,2-5,8H2,1H3,(H,14,15). The van der Waals surface area contributed by atoms with Crippen LogP contribution in [0.25, 0.3) is 0 Å². The van der Waals surface area contributed by atoms with Gasteiger partial charge in [-0.05, 0) is 18.8 Å². The SMILES string of the molecule is COC(=O)c1cncc(NCCOCC2CC2)n1. The van der Waals surface area contributed by atoms with Crippen molar-refractivity contribution in [3.05, 3.63) is 18.1 Å². The van der Waals surface area contributed by atoms with E-state index in [2.05, 4.69) is 20.0 Å². The molecule has 18 heavy (non-hydrogen) atoms. The Morgan fingerprint density at radius 3 is 3.06 bits per heavy atom. The molecule has 1 aromatic rings. The van der Waals surface area contributed by atoms with Gasteiger partial charge < -0.3 is 14.8 Å². The van der Waals surface area contributed by atoms with Crippen molar-refractivity contribution in [2.75, 3.05) is 32.2 Å². The predicted molar refractivity (Wildman–Crippen MR) is 65.4 cm³/mol. The number of anilines is 1. The molecule has 6 heteroatoms. The molecule has 1 fully saturated rings. The largest absolute Gasteiger partial charge is 0.464 e. The highest BCUT2D eigenvalue weighted by molar-refractivity contribution is 5.87. The first-order chi connectivity index (χ1) is 8.79. The molecule has 98 valence electrons. The van der Waals surface area contributed by atoms with Crippen molar-refractivity contribution in [3.8, 4) is 0 Å². The maximum absolute atomic E-state index is 11.2. The van der Waals surface area contributed by atoms with Gasteiger partial charge in [0.2, 0.25) is 0 Å². The first-order valence-electron chi connectivity index (χ1n) is 6.01. The van der Waals surface area contributed by atoms with Gasteiger partial charge in [-0.2, -0.15) is 0 Å². The van der Waals surface area contributed by atoms with Crippen molar-refractivity contribution >= 4 is 11.8 Å². The smallest absolute Gasteiger partial charge is 0.358 e. The molecule has 0 spiro atoms. The molecular formula is C12H17N3O3. The van der Waals surface area contributed by atoms with Crippen molar-refractivity contribution in [2.45, 2.75) is 12.8 Å². The summed E-state index contributed by atoms with van der Waals surface area (Å²) in [5, 5.41) is 3.05. The number of rotatable bonds is 7. The van der Waals surface area contributed by atoms with E-state index in [4.69, 9.17) is 4.74 Å². The number of esters is 1. The molecule has 1 saturated carbocycles. The van der Waals surface area contributed by atoms with Crippen LogP contribution < -0.4 is 5.32 Å². The molecule has 1 aliphatic rings. The molecule has 0 amide bonds. The number of methoxy groups -OCH3 is 1. The number of nitrogens with one attached hydrogen (secondary N) is 1. The lowest BCUT2D eigenvalue weighted by Gasteiger charge is -2.06. The Balaban J connectivity index is 1.72. The van der Waals surface area contributed by atoms with Gasteiger partial charge in [0, 0.05) is 13.2 Å². The van der Waals surface area contributed by atoms with Gasteiger partial charge in [0.25, 0.3) is 0 Å². The second-order valence-corrected chi connectivity index (χ2v) is 4.23. The number of nitrogens with zero attached hydrogens (tertiary/aromatic N) is 2. The molecule has 0 saturated heterocycles. The summed E-state index contributed by atoms with van der Waals surface area (Å²) in [4.78, 5) is 19.3. The fraction of sp³-hybridized carbons (Fsp3) is 0.583. The number of carbonyl (C=O) groups excluding carboxylic acids is 1. The Bertz CT molecular complexity index is 407. The zero-order valence-electron chi connectivity index (χ0n) is 10.4. The molecule has 0 bridgehead atoms. The minimum atomic E-state index is -0.490. The highest BCUT2D eigenvalue weighted by atomic mass is 16.5. The third-order valence-electron chi connectivity index (χ3n) is 2.63. The Morgan fingerprint density at radius 1 is 1.50 bits per heavy atom. The zero-order valence-corrected chi connectivity index (χ0v) is 10.4. The van der Waals surface area contributed by atoms with Crippen LogP contribution in [-0.2, 0) is 9.47 Å². The van der Waals surface area contributed by atoms with Gasteiger partial charge in [-0.1, -0.05) is 0 Å². The van der Waals surface area contributed by atoms with Crippen LogP contribution in [0.3, 0.4) is 0 Å². The zero-order chi connectivity index (χ0) is 12.8. The summed E-state index contributed by atoms with van der Waals surface area (Å²) in [6.07, 6.45) is 5.52. The highest BCUT2D eigenvalue weighted by Gasteiger charge is 2.20. The van der Waals surface area contributed by atoms with E-state index in [1.165, 1.54) is 26.1 Å². The summed E-state index contributed by atoms with van der Waals surface area (Å²) in [6.45, 7) is 2.11. The van der Waals surface area contributed by atoms with Gasteiger partial charge in [0.1, 0.15) is 5.82 Å². The minimum absolute atomic E-state index is 0.196. The molecule has 1 N–H and O–H groups in total. The molecule has 1 aromatic heterocycles. The van der Waals surface area contributed by atoms with E-state index < -0.39 is 5.97 Å². The van der Waals surface area contributed by atoms with E-state index in [1.807, 2.05) is 0 Å². The fourth-order valence-electron chi connectivity index (χ4n) is 1.44. The molecule has 1 heterocycles. The third-order valence-corrected chi connectivity index (χ3v) is 2.63. The second-order valence-electron chi connectivity index (χ2n) is 4.23. The molecule has 0 aliphatic heterocycles. The van der Waals surface area contributed by atoms with E-state index in [9.17, 15) is 4.79 Å². The summed E-state index contributed by atoms with van der Waals surface area (Å²) < 4.78 is 10.0. The fourth-order valence-corrected chi connectivity index (χ4v) is 1.44. The van der Waals surface area contributed by atoms with Crippen LogP contribution in [0.2, 0.25) is 0 Å². The van der Waals surface area contributed by atoms with E-state index in [0.29, 0.717) is 19.0 Å². The van der Waals surface area contributed by atoms with Crippen molar-refractivity contribution in [3.63, 3.8) is 0 Å².